The molecule has 0 spiro atoms. The monoisotopic (exact) mass is 293 g/mol. The summed E-state index contributed by atoms with van der Waals surface area (Å²) in [5, 5.41) is 8.42. The summed E-state index contributed by atoms with van der Waals surface area (Å²) < 4.78 is 1.60. The summed E-state index contributed by atoms with van der Waals surface area (Å²) in [5.41, 5.74) is 1.10. The van der Waals surface area contributed by atoms with Crippen LogP contribution < -0.4 is 5.32 Å². The molecule has 0 radical (unpaired) electrons. The maximum atomic E-state index is 5.93. The second kappa shape index (κ2) is 5.03. The predicted molar refractivity (Wildman–Crippen MR) is 74.6 cm³/mol. The minimum atomic E-state index is 0.374. The van der Waals surface area contributed by atoms with E-state index >= 15 is 0 Å². The number of benzene rings is 1. The van der Waals surface area contributed by atoms with Crippen LogP contribution in [0, 0.1) is 0 Å². The Morgan fingerprint density at radius 2 is 1.95 bits per heavy atom. The zero-order chi connectivity index (χ0) is 13.2. The van der Waals surface area contributed by atoms with Gasteiger partial charge in [-0.2, -0.15) is 19.6 Å². The molecule has 5 nitrogen and oxygen atoms in total. The van der Waals surface area contributed by atoms with Gasteiger partial charge in [0.2, 0.25) is 0 Å². The number of nitrogens with zero attached hydrogens (tertiary/aromatic N) is 4. The molecule has 0 fully saturated rings. The lowest BCUT2D eigenvalue weighted by atomic mass is 10.2. The predicted octanol–water partition coefficient (Wildman–Crippen LogP) is 3.04. The van der Waals surface area contributed by atoms with Crippen molar-refractivity contribution in [1.82, 2.24) is 19.6 Å². The highest BCUT2D eigenvalue weighted by atomic mass is 35.5. The van der Waals surface area contributed by atoms with Crippen LogP contribution in [0.1, 0.15) is 5.56 Å². The van der Waals surface area contributed by atoms with Crippen molar-refractivity contribution < 1.29 is 0 Å². The first-order chi connectivity index (χ1) is 9.22. The quantitative estimate of drug-likeness (QED) is 0.754. The molecule has 0 unspecified atom stereocenters. The lowest BCUT2D eigenvalue weighted by molar-refractivity contribution is 0.925. The molecule has 0 atom stereocenters. The zero-order valence-electron chi connectivity index (χ0n) is 9.72. The van der Waals surface area contributed by atoms with Gasteiger partial charge >= 0.3 is 0 Å². The summed E-state index contributed by atoms with van der Waals surface area (Å²) >= 11 is 11.8. The van der Waals surface area contributed by atoms with E-state index in [1.54, 1.807) is 10.6 Å². The Kier molecular flexibility index (Phi) is 3.23. The van der Waals surface area contributed by atoms with Gasteiger partial charge in [-0.1, -0.05) is 35.3 Å². The van der Waals surface area contributed by atoms with Crippen LogP contribution in [0.15, 0.2) is 36.7 Å². The van der Waals surface area contributed by atoms with Crippen molar-refractivity contribution in [2.45, 2.75) is 6.54 Å². The number of aromatic nitrogens is 4. The maximum absolute atomic E-state index is 5.93. The summed E-state index contributed by atoms with van der Waals surface area (Å²) in [4.78, 5) is 8.07. The van der Waals surface area contributed by atoms with E-state index in [4.69, 9.17) is 23.2 Å². The molecule has 7 heteroatoms. The van der Waals surface area contributed by atoms with Gasteiger partial charge in [0.25, 0.3) is 5.78 Å². The second-order valence-corrected chi connectivity index (χ2v) is 4.74. The Morgan fingerprint density at radius 3 is 2.74 bits per heavy atom. The molecule has 0 saturated carbocycles. The number of nitrogens with one attached hydrogen (secondary N) is 1. The molecular formula is C12H9Cl2N5. The first-order valence-electron chi connectivity index (χ1n) is 5.57. The lowest BCUT2D eigenvalue weighted by Crippen LogP contribution is -2.06. The van der Waals surface area contributed by atoms with Crippen molar-refractivity contribution in [2.75, 3.05) is 5.32 Å². The normalized spacial score (nSPS) is 10.8. The van der Waals surface area contributed by atoms with Gasteiger partial charge in [-0.15, -0.1) is 0 Å². The van der Waals surface area contributed by atoms with Gasteiger partial charge in [-0.05, 0) is 17.7 Å². The number of hydrogen-bond acceptors (Lipinski definition) is 4. The van der Waals surface area contributed by atoms with E-state index in [-0.39, 0.29) is 0 Å². The van der Waals surface area contributed by atoms with Crippen molar-refractivity contribution in [3.05, 3.63) is 52.4 Å². The number of anilines is 1. The lowest BCUT2D eigenvalue weighted by Gasteiger charge is -2.08. The highest BCUT2D eigenvalue weighted by Gasteiger charge is 2.05. The summed E-state index contributed by atoms with van der Waals surface area (Å²) in [7, 11) is 0. The molecule has 19 heavy (non-hydrogen) atoms. The van der Waals surface area contributed by atoms with Gasteiger partial charge in [-0.25, -0.2) is 0 Å². The third-order valence-corrected chi connectivity index (χ3v) is 3.05. The Morgan fingerprint density at radius 1 is 1.16 bits per heavy atom. The van der Waals surface area contributed by atoms with Gasteiger partial charge in [0.15, 0.2) is 0 Å². The molecule has 0 aliphatic carbocycles. The molecule has 0 bridgehead atoms. The summed E-state index contributed by atoms with van der Waals surface area (Å²) in [6.07, 6.45) is 1.44. The van der Waals surface area contributed by atoms with Gasteiger partial charge in [0.1, 0.15) is 17.3 Å². The average Bonchev–Trinajstić information content (AvgIpc) is 2.85. The fourth-order valence-corrected chi connectivity index (χ4v) is 2.01. The topological polar surface area (TPSA) is 55.1 Å². The molecular weight excluding hydrogens is 285 g/mol. The first-order valence-corrected chi connectivity index (χ1v) is 6.32. The maximum Gasteiger partial charge on any atom is 0.255 e. The molecule has 96 valence electrons. The van der Waals surface area contributed by atoms with Crippen LogP contribution in [-0.4, -0.2) is 19.6 Å². The van der Waals surface area contributed by atoms with E-state index in [0.717, 1.165) is 16.4 Å². The highest BCUT2D eigenvalue weighted by molar-refractivity contribution is 6.30. The average molecular weight is 294 g/mol. The molecule has 1 N–H and O–H groups in total. The van der Waals surface area contributed by atoms with Crippen LogP contribution in [0.5, 0.6) is 0 Å². The minimum absolute atomic E-state index is 0.374. The number of fused-ring (bicyclic) bond motifs is 1. The highest BCUT2D eigenvalue weighted by Crippen LogP contribution is 2.16. The Hall–Kier alpha value is -1.85. The summed E-state index contributed by atoms with van der Waals surface area (Å²) in [6.45, 7) is 0.631. The van der Waals surface area contributed by atoms with Crippen molar-refractivity contribution in [2.24, 2.45) is 0 Å². The van der Waals surface area contributed by atoms with Crippen LogP contribution in [0.2, 0.25) is 10.2 Å². The third kappa shape index (κ3) is 2.62. The SMILES string of the molecule is Clc1ccc(CNc2cc(Cl)nc3ncnn23)cc1. The number of rotatable bonds is 3. The van der Waals surface area contributed by atoms with Crippen molar-refractivity contribution in [3.63, 3.8) is 0 Å². The summed E-state index contributed by atoms with van der Waals surface area (Å²) in [5.74, 6) is 1.20. The largest absolute Gasteiger partial charge is 0.366 e. The summed E-state index contributed by atoms with van der Waals surface area (Å²) in [6, 6.07) is 9.32. The Labute approximate surface area is 119 Å². The van der Waals surface area contributed by atoms with Gasteiger partial charge < -0.3 is 5.32 Å². The van der Waals surface area contributed by atoms with Crippen molar-refractivity contribution >= 4 is 34.8 Å². The molecule has 1 aromatic carbocycles. The Balaban J connectivity index is 1.85. The van der Waals surface area contributed by atoms with E-state index in [1.165, 1.54) is 6.33 Å². The smallest absolute Gasteiger partial charge is 0.255 e. The standard InChI is InChI=1S/C12H9Cl2N5/c13-9-3-1-8(2-4-9)6-15-11-5-10(14)18-12-16-7-17-19(11)12/h1-5,7,15H,6H2. The third-order valence-electron chi connectivity index (χ3n) is 2.61. The van der Waals surface area contributed by atoms with E-state index in [0.29, 0.717) is 17.5 Å². The minimum Gasteiger partial charge on any atom is -0.366 e. The fourth-order valence-electron chi connectivity index (χ4n) is 1.70. The van der Waals surface area contributed by atoms with Crippen molar-refractivity contribution in [3.8, 4) is 0 Å². The molecule has 2 heterocycles. The van der Waals surface area contributed by atoms with Crippen LogP contribution in [0.25, 0.3) is 5.78 Å². The van der Waals surface area contributed by atoms with Gasteiger partial charge in [0.05, 0.1) is 0 Å². The molecule has 0 amide bonds. The second-order valence-electron chi connectivity index (χ2n) is 3.92. The Bertz CT molecular complexity index is 708. The first kappa shape index (κ1) is 12.2. The van der Waals surface area contributed by atoms with Gasteiger partial charge in [-0.3, -0.25) is 0 Å². The van der Waals surface area contributed by atoms with Crippen LogP contribution in [0.4, 0.5) is 5.82 Å². The van der Waals surface area contributed by atoms with E-state index in [2.05, 4.69) is 20.4 Å². The van der Waals surface area contributed by atoms with E-state index in [1.807, 2.05) is 24.3 Å². The van der Waals surface area contributed by atoms with Gasteiger partial charge in [0, 0.05) is 17.6 Å². The molecule has 0 aliphatic rings. The molecule has 0 aliphatic heterocycles. The zero-order valence-corrected chi connectivity index (χ0v) is 11.2. The van der Waals surface area contributed by atoms with E-state index < -0.39 is 0 Å². The van der Waals surface area contributed by atoms with Crippen LogP contribution in [0.3, 0.4) is 0 Å². The van der Waals surface area contributed by atoms with Crippen molar-refractivity contribution in [1.29, 1.82) is 0 Å². The molecule has 0 saturated heterocycles. The van der Waals surface area contributed by atoms with Crippen LogP contribution in [-0.2, 0) is 6.54 Å². The number of halogens is 2. The molecule has 2 aromatic heterocycles. The molecule has 3 rings (SSSR count). The fraction of sp³-hybridized carbons (Fsp3) is 0.0833. The van der Waals surface area contributed by atoms with Crippen LogP contribution >= 0.6 is 23.2 Å². The molecule has 3 aromatic rings. The van der Waals surface area contributed by atoms with E-state index in [9.17, 15) is 0 Å². The number of hydrogen-bond donors (Lipinski definition) is 1.